The van der Waals surface area contributed by atoms with Crippen molar-refractivity contribution in [3.05, 3.63) is 53.0 Å². The summed E-state index contributed by atoms with van der Waals surface area (Å²) in [5, 5.41) is 3.27. The number of benzene rings is 1. The molecule has 0 spiro atoms. The highest BCUT2D eigenvalue weighted by atomic mass is 15.0. The van der Waals surface area contributed by atoms with Gasteiger partial charge >= 0.3 is 0 Å². The Kier molecular flexibility index (Phi) is 4.49. The molecule has 0 unspecified atom stereocenters. The largest absolute Gasteiger partial charge is 0.373 e. The van der Waals surface area contributed by atoms with Crippen molar-refractivity contribution in [2.45, 2.75) is 44.9 Å². The first-order valence-electron chi connectivity index (χ1n) is 7.97. The monoisotopic (exact) mass is 281 g/mol. The molecule has 21 heavy (non-hydrogen) atoms. The Bertz CT molecular complexity index is 593. The molecule has 3 heteroatoms. The predicted octanol–water partition coefficient (Wildman–Crippen LogP) is 3.57. The minimum absolute atomic E-state index is 0.909. The molecule has 1 aromatic carbocycles. The minimum Gasteiger partial charge on any atom is -0.373 e. The highest BCUT2D eigenvalue weighted by molar-refractivity contribution is 5.47. The van der Waals surface area contributed by atoms with E-state index in [0.29, 0.717) is 0 Å². The van der Waals surface area contributed by atoms with Gasteiger partial charge in [0.2, 0.25) is 0 Å². The number of rotatable bonds is 4. The van der Waals surface area contributed by atoms with Crippen molar-refractivity contribution in [2.24, 2.45) is 0 Å². The maximum absolute atomic E-state index is 4.85. The molecule has 0 saturated carbocycles. The van der Waals surface area contributed by atoms with E-state index in [0.717, 1.165) is 37.3 Å². The van der Waals surface area contributed by atoms with Crippen LogP contribution < -0.4 is 5.32 Å². The molecule has 2 aromatic rings. The summed E-state index contributed by atoms with van der Waals surface area (Å²) in [6, 6.07) is 10.6. The Morgan fingerprint density at radius 3 is 2.57 bits per heavy atom. The fourth-order valence-corrected chi connectivity index (χ4v) is 3.04. The van der Waals surface area contributed by atoms with E-state index >= 15 is 0 Å². The first-order valence-corrected chi connectivity index (χ1v) is 7.97. The van der Waals surface area contributed by atoms with Gasteiger partial charge < -0.3 is 5.32 Å². The molecule has 110 valence electrons. The third kappa shape index (κ3) is 3.41. The van der Waals surface area contributed by atoms with E-state index in [1.165, 1.54) is 36.1 Å². The predicted molar refractivity (Wildman–Crippen MR) is 86.7 cm³/mol. The van der Waals surface area contributed by atoms with Crippen LogP contribution in [0.3, 0.4) is 0 Å². The second-order valence-electron chi connectivity index (χ2n) is 5.71. The van der Waals surface area contributed by atoms with Crippen molar-refractivity contribution >= 4 is 5.82 Å². The van der Waals surface area contributed by atoms with Crippen molar-refractivity contribution in [3.63, 3.8) is 0 Å². The van der Waals surface area contributed by atoms with Crippen LogP contribution >= 0.6 is 0 Å². The molecule has 1 heterocycles. The topological polar surface area (TPSA) is 37.8 Å². The second-order valence-corrected chi connectivity index (χ2v) is 5.71. The van der Waals surface area contributed by atoms with Gasteiger partial charge in [-0.05, 0) is 37.7 Å². The molecule has 3 rings (SSSR count). The number of aryl methyl sites for hydroxylation is 3. The van der Waals surface area contributed by atoms with Crippen LogP contribution in [0.5, 0.6) is 0 Å². The summed E-state index contributed by atoms with van der Waals surface area (Å²) in [7, 11) is 1.97. The zero-order valence-corrected chi connectivity index (χ0v) is 12.7. The van der Waals surface area contributed by atoms with Gasteiger partial charge in [0.15, 0.2) is 0 Å². The molecule has 1 aliphatic carbocycles. The number of nitrogens with zero attached hydrogens (tertiary/aromatic N) is 2. The first-order chi connectivity index (χ1) is 10.4. The van der Waals surface area contributed by atoms with Crippen LogP contribution in [0.25, 0.3) is 0 Å². The average Bonchev–Trinajstić information content (AvgIpc) is 2.78. The van der Waals surface area contributed by atoms with Crippen LogP contribution in [-0.2, 0) is 25.7 Å². The highest BCUT2D eigenvalue weighted by Gasteiger charge is 2.15. The summed E-state index contributed by atoms with van der Waals surface area (Å²) in [5.41, 5.74) is 3.97. The van der Waals surface area contributed by atoms with Crippen LogP contribution in [0.15, 0.2) is 30.3 Å². The molecule has 1 aromatic heterocycles. The number of hydrogen-bond acceptors (Lipinski definition) is 3. The maximum Gasteiger partial charge on any atom is 0.132 e. The lowest BCUT2D eigenvalue weighted by Gasteiger charge is -2.13. The lowest BCUT2D eigenvalue weighted by atomic mass is 10.1. The summed E-state index contributed by atoms with van der Waals surface area (Å²) in [4.78, 5) is 9.58. The van der Waals surface area contributed by atoms with Crippen molar-refractivity contribution in [2.75, 3.05) is 12.4 Å². The highest BCUT2D eigenvalue weighted by Crippen LogP contribution is 2.24. The molecule has 0 amide bonds. The van der Waals surface area contributed by atoms with E-state index in [4.69, 9.17) is 9.97 Å². The van der Waals surface area contributed by atoms with Crippen molar-refractivity contribution in [1.29, 1.82) is 0 Å². The van der Waals surface area contributed by atoms with Crippen LogP contribution in [-0.4, -0.2) is 17.0 Å². The Balaban J connectivity index is 1.81. The van der Waals surface area contributed by atoms with Gasteiger partial charge in [0.1, 0.15) is 11.6 Å². The standard InChI is InChI=1S/C18H23N3/c1-19-18-15-10-6-3-7-11-16(15)20-17(21-18)13-12-14-8-4-2-5-9-14/h2,4-5,8-9H,3,6-7,10-13H2,1H3,(H,19,20,21). The van der Waals surface area contributed by atoms with Gasteiger partial charge in [-0.2, -0.15) is 0 Å². The molecule has 1 N–H and O–H groups in total. The van der Waals surface area contributed by atoms with Gasteiger partial charge in [-0.25, -0.2) is 9.97 Å². The van der Waals surface area contributed by atoms with Crippen molar-refractivity contribution in [3.8, 4) is 0 Å². The number of fused-ring (bicyclic) bond motifs is 1. The Morgan fingerprint density at radius 2 is 1.76 bits per heavy atom. The van der Waals surface area contributed by atoms with Crippen LogP contribution in [0.2, 0.25) is 0 Å². The van der Waals surface area contributed by atoms with E-state index in [1.54, 1.807) is 0 Å². The lowest BCUT2D eigenvalue weighted by molar-refractivity contribution is 0.707. The molecule has 0 saturated heterocycles. The molecule has 1 aliphatic rings. The Morgan fingerprint density at radius 1 is 0.952 bits per heavy atom. The van der Waals surface area contributed by atoms with E-state index in [-0.39, 0.29) is 0 Å². The number of nitrogens with one attached hydrogen (secondary N) is 1. The van der Waals surface area contributed by atoms with Crippen molar-refractivity contribution < 1.29 is 0 Å². The number of anilines is 1. The summed E-state index contributed by atoms with van der Waals surface area (Å²) in [5.74, 6) is 2.02. The zero-order chi connectivity index (χ0) is 14.5. The normalized spacial score (nSPS) is 14.3. The number of aromatic nitrogens is 2. The van der Waals surface area contributed by atoms with E-state index in [2.05, 4.69) is 35.6 Å². The number of hydrogen-bond donors (Lipinski definition) is 1. The molecular formula is C18H23N3. The molecule has 3 nitrogen and oxygen atoms in total. The molecule has 0 fully saturated rings. The summed E-state index contributed by atoms with van der Waals surface area (Å²) in [6.45, 7) is 0. The zero-order valence-electron chi connectivity index (χ0n) is 12.7. The molecule has 0 radical (unpaired) electrons. The fourth-order valence-electron chi connectivity index (χ4n) is 3.04. The van der Waals surface area contributed by atoms with Gasteiger partial charge in [-0.15, -0.1) is 0 Å². The fraction of sp³-hybridized carbons (Fsp3) is 0.444. The van der Waals surface area contributed by atoms with Crippen LogP contribution in [0.4, 0.5) is 5.82 Å². The second kappa shape index (κ2) is 6.70. The van der Waals surface area contributed by atoms with Gasteiger partial charge in [0.25, 0.3) is 0 Å². The molecule has 0 atom stereocenters. The van der Waals surface area contributed by atoms with Gasteiger partial charge in [0, 0.05) is 24.7 Å². The third-order valence-electron chi connectivity index (χ3n) is 4.20. The minimum atomic E-state index is 0.909. The van der Waals surface area contributed by atoms with E-state index < -0.39 is 0 Å². The van der Waals surface area contributed by atoms with E-state index in [9.17, 15) is 0 Å². The average molecular weight is 281 g/mol. The smallest absolute Gasteiger partial charge is 0.132 e. The summed E-state index contributed by atoms with van der Waals surface area (Å²) < 4.78 is 0. The van der Waals surface area contributed by atoms with Crippen LogP contribution in [0, 0.1) is 0 Å². The van der Waals surface area contributed by atoms with Crippen LogP contribution in [0.1, 0.15) is 41.9 Å². The van der Waals surface area contributed by atoms with Crippen molar-refractivity contribution in [1.82, 2.24) is 9.97 Å². The Labute approximate surface area is 126 Å². The molecular weight excluding hydrogens is 258 g/mol. The SMILES string of the molecule is CNc1nc(CCc2ccccc2)nc2c1CCCCC2. The molecule has 0 bridgehead atoms. The summed E-state index contributed by atoms with van der Waals surface area (Å²) >= 11 is 0. The maximum atomic E-state index is 4.85. The third-order valence-corrected chi connectivity index (χ3v) is 4.20. The summed E-state index contributed by atoms with van der Waals surface area (Å²) in [6.07, 6.45) is 7.95. The van der Waals surface area contributed by atoms with Gasteiger partial charge in [-0.1, -0.05) is 36.8 Å². The van der Waals surface area contributed by atoms with Gasteiger partial charge in [0.05, 0.1) is 0 Å². The molecule has 0 aliphatic heterocycles. The lowest BCUT2D eigenvalue weighted by Crippen LogP contribution is -2.09. The quantitative estimate of drug-likeness (QED) is 0.871. The first kappa shape index (κ1) is 14.1. The van der Waals surface area contributed by atoms with Gasteiger partial charge in [-0.3, -0.25) is 0 Å². The Hall–Kier alpha value is -1.90. The van der Waals surface area contributed by atoms with E-state index in [1.807, 2.05) is 7.05 Å².